The second-order valence-electron chi connectivity index (χ2n) is 11.2. The minimum absolute atomic E-state index is 0.0267. The highest BCUT2D eigenvalue weighted by molar-refractivity contribution is 5.95. The van der Waals surface area contributed by atoms with E-state index in [1.807, 2.05) is 17.0 Å². The quantitative estimate of drug-likeness (QED) is 0.163. The molecule has 8 heteroatoms. The Morgan fingerprint density at radius 1 is 0.930 bits per heavy atom. The third-order valence-electron chi connectivity index (χ3n) is 8.03. The Morgan fingerprint density at radius 2 is 1.56 bits per heavy atom. The lowest BCUT2D eigenvalue weighted by Crippen LogP contribution is -2.39. The molecule has 0 aliphatic carbocycles. The van der Waals surface area contributed by atoms with Crippen molar-refractivity contribution in [1.82, 2.24) is 9.88 Å². The molecule has 0 aliphatic rings. The van der Waals surface area contributed by atoms with Crippen LogP contribution in [-0.2, 0) is 0 Å². The molecule has 1 aromatic heterocycles. The van der Waals surface area contributed by atoms with Crippen LogP contribution < -0.4 is 5.56 Å². The van der Waals surface area contributed by atoms with Crippen molar-refractivity contribution in [3.63, 3.8) is 0 Å². The number of aromatic nitrogens is 1. The molecule has 3 rings (SSSR count). The van der Waals surface area contributed by atoms with E-state index in [0.717, 1.165) is 64.5 Å². The summed E-state index contributed by atoms with van der Waals surface area (Å²) in [6, 6.07) is 17.8. The third kappa shape index (κ3) is 9.12. The van der Waals surface area contributed by atoms with Crippen LogP contribution in [0.2, 0.25) is 0 Å². The van der Waals surface area contributed by atoms with E-state index in [1.54, 1.807) is 48.5 Å². The first-order valence-electron chi connectivity index (χ1n) is 15.6. The summed E-state index contributed by atoms with van der Waals surface area (Å²) in [7, 11) is 0. The summed E-state index contributed by atoms with van der Waals surface area (Å²) in [6.07, 6.45) is 8.84. The summed E-state index contributed by atoms with van der Waals surface area (Å²) in [4.78, 5) is 31.1. The molecule has 1 amide bonds. The maximum Gasteiger partial charge on any atom is 0.279 e. The van der Waals surface area contributed by atoms with Gasteiger partial charge in [-0.25, -0.2) is 0 Å². The van der Waals surface area contributed by atoms with Gasteiger partial charge < -0.3 is 10.0 Å². The van der Waals surface area contributed by atoms with Gasteiger partial charge in [0.2, 0.25) is 5.88 Å². The zero-order valence-corrected chi connectivity index (χ0v) is 26.0. The van der Waals surface area contributed by atoms with Crippen molar-refractivity contribution >= 4 is 17.3 Å². The summed E-state index contributed by atoms with van der Waals surface area (Å²) >= 11 is 0. The van der Waals surface area contributed by atoms with Crippen LogP contribution in [0, 0.1) is 23.2 Å². The van der Waals surface area contributed by atoms with Gasteiger partial charge in [0.25, 0.3) is 11.5 Å². The molecule has 0 saturated carbocycles. The predicted octanol–water partition coefficient (Wildman–Crippen LogP) is 8.91. The van der Waals surface area contributed by atoms with Crippen molar-refractivity contribution in [3.05, 3.63) is 76.1 Å². The number of carbonyl (C=O) groups is 1. The van der Waals surface area contributed by atoms with Crippen LogP contribution in [0.15, 0.2) is 69.6 Å². The van der Waals surface area contributed by atoms with Gasteiger partial charge in [-0.1, -0.05) is 103 Å². The number of nitrogens with one attached hydrogen (secondary N) is 1. The van der Waals surface area contributed by atoms with E-state index in [0.29, 0.717) is 28.7 Å². The molecule has 0 fully saturated rings. The minimum Gasteiger partial charge on any atom is -0.494 e. The molecule has 2 unspecified atom stereocenters. The van der Waals surface area contributed by atoms with E-state index >= 15 is 0 Å². The van der Waals surface area contributed by atoms with Crippen LogP contribution in [-0.4, -0.2) is 34.0 Å². The van der Waals surface area contributed by atoms with E-state index in [9.17, 15) is 20.0 Å². The number of H-pyrrole nitrogens is 1. The maximum atomic E-state index is 14.0. The average molecular weight is 584 g/mol. The summed E-state index contributed by atoms with van der Waals surface area (Å²) in [6.45, 7) is 10.2. The molecule has 43 heavy (non-hydrogen) atoms. The Hall–Kier alpha value is -4.25. The molecule has 3 aromatic rings. The molecule has 0 spiro atoms. The normalized spacial score (nSPS) is 12.6. The van der Waals surface area contributed by atoms with Crippen molar-refractivity contribution in [1.29, 1.82) is 5.26 Å². The first-order chi connectivity index (χ1) is 20.9. The summed E-state index contributed by atoms with van der Waals surface area (Å²) < 4.78 is 0. The third-order valence-corrected chi connectivity index (χ3v) is 8.03. The van der Waals surface area contributed by atoms with Crippen molar-refractivity contribution in [3.8, 4) is 23.1 Å². The van der Waals surface area contributed by atoms with Gasteiger partial charge in [-0.05, 0) is 48.4 Å². The van der Waals surface area contributed by atoms with Gasteiger partial charge in [0.1, 0.15) is 11.6 Å². The number of unbranched alkanes of at least 4 members (excludes halogenated alkanes) is 2. The Morgan fingerprint density at radius 3 is 2.12 bits per heavy atom. The molecule has 0 aliphatic heterocycles. The molecule has 0 bridgehead atoms. The predicted molar refractivity (Wildman–Crippen MR) is 172 cm³/mol. The second kappa shape index (κ2) is 17.0. The smallest absolute Gasteiger partial charge is 0.279 e. The molecular weight excluding hydrogens is 538 g/mol. The highest BCUT2D eigenvalue weighted by Gasteiger charge is 2.23. The zero-order valence-electron chi connectivity index (χ0n) is 26.0. The summed E-state index contributed by atoms with van der Waals surface area (Å²) in [5.74, 6) is 0.345. The van der Waals surface area contributed by atoms with Gasteiger partial charge in [0, 0.05) is 24.2 Å². The Kier molecular flexibility index (Phi) is 13.2. The number of rotatable bonds is 16. The van der Waals surface area contributed by atoms with Gasteiger partial charge in [0.15, 0.2) is 5.69 Å². The number of pyridine rings is 1. The highest BCUT2D eigenvalue weighted by Crippen LogP contribution is 2.35. The van der Waals surface area contributed by atoms with Crippen molar-refractivity contribution in [2.75, 3.05) is 13.1 Å². The molecule has 8 nitrogen and oxygen atoms in total. The van der Waals surface area contributed by atoms with E-state index in [-0.39, 0.29) is 22.7 Å². The standard InChI is InChI=1S/C35H45N5O3/c1-5-9-15-25(7-3)23-40(24-26(8-4)16-10-6-2)35(43)28-19-14-20-29(21-28)38-39-32-31(27-17-12-11-13-18-27)30(22-36)33(41)37-34(32)42/h11-14,17-21,25-26H,5-10,15-16,23-24H2,1-4H3,(H2,37,41,42). The lowest BCUT2D eigenvalue weighted by molar-refractivity contribution is 0.0685. The maximum absolute atomic E-state index is 14.0. The van der Waals surface area contributed by atoms with Crippen molar-refractivity contribution < 1.29 is 9.90 Å². The first-order valence-corrected chi connectivity index (χ1v) is 15.6. The molecule has 0 saturated heterocycles. The fourth-order valence-electron chi connectivity index (χ4n) is 5.36. The SMILES string of the molecule is CCCCC(CC)CN(CC(CC)CCCC)C(=O)c1cccc(N=Nc2c(-c3ccccc3)c(C#N)c(O)[nH]c2=O)c1. The summed E-state index contributed by atoms with van der Waals surface area (Å²) in [5.41, 5.74) is 0.814. The zero-order chi connectivity index (χ0) is 31.2. The number of aromatic amines is 1. The number of carbonyl (C=O) groups excluding carboxylic acids is 1. The van der Waals surface area contributed by atoms with Gasteiger partial charge in [-0.15, -0.1) is 5.11 Å². The largest absolute Gasteiger partial charge is 0.494 e. The lowest BCUT2D eigenvalue weighted by Gasteiger charge is -2.31. The Balaban J connectivity index is 1.97. The average Bonchev–Trinajstić information content (AvgIpc) is 3.03. The Bertz CT molecular complexity index is 1440. The van der Waals surface area contributed by atoms with E-state index in [1.165, 1.54) is 0 Å². The molecule has 1 heterocycles. The van der Waals surface area contributed by atoms with Gasteiger partial charge in [-0.2, -0.15) is 10.4 Å². The second-order valence-corrected chi connectivity index (χ2v) is 11.2. The van der Waals surface area contributed by atoms with Crippen LogP contribution in [0.1, 0.15) is 95.0 Å². The number of benzene rings is 2. The molecule has 228 valence electrons. The first kappa shape index (κ1) is 33.3. The number of nitriles is 1. The van der Waals surface area contributed by atoms with Gasteiger partial charge >= 0.3 is 0 Å². The van der Waals surface area contributed by atoms with E-state index in [4.69, 9.17) is 0 Å². The van der Waals surface area contributed by atoms with Gasteiger partial charge in [0.05, 0.1) is 5.69 Å². The number of azo groups is 1. The Labute approximate surface area is 255 Å². The number of hydrogen-bond donors (Lipinski definition) is 2. The van der Waals surface area contributed by atoms with Crippen molar-refractivity contribution in [2.24, 2.45) is 22.1 Å². The van der Waals surface area contributed by atoms with Crippen LogP contribution in [0.4, 0.5) is 11.4 Å². The van der Waals surface area contributed by atoms with E-state index in [2.05, 4.69) is 42.9 Å². The van der Waals surface area contributed by atoms with Crippen LogP contribution in [0.25, 0.3) is 11.1 Å². The van der Waals surface area contributed by atoms with E-state index < -0.39 is 11.4 Å². The van der Waals surface area contributed by atoms with Crippen LogP contribution >= 0.6 is 0 Å². The van der Waals surface area contributed by atoms with Crippen LogP contribution in [0.5, 0.6) is 5.88 Å². The van der Waals surface area contributed by atoms with Crippen molar-refractivity contribution in [2.45, 2.75) is 79.1 Å². The molecule has 2 aromatic carbocycles. The highest BCUT2D eigenvalue weighted by atomic mass is 16.3. The fraction of sp³-hybridized carbons (Fsp3) is 0.457. The molecule has 2 atom stereocenters. The van der Waals surface area contributed by atoms with Gasteiger partial charge in [-0.3, -0.25) is 14.6 Å². The fourth-order valence-corrected chi connectivity index (χ4v) is 5.36. The number of hydrogen-bond acceptors (Lipinski definition) is 6. The lowest BCUT2D eigenvalue weighted by atomic mass is 9.95. The minimum atomic E-state index is -0.673. The monoisotopic (exact) mass is 583 g/mol. The number of aromatic hydroxyl groups is 1. The number of amides is 1. The summed E-state index contributed by atoms with van der Waals surface area (Å²) in [5, 5.41) is 28.5. The number of nitrogens with zero attached hydrogens (tertiary/aromatic N) is 4. The molecule has 2 N–H and O–H groups in total. The van der Waals surface area contributed by atoms with Crippen LogP contribution in [0.3, 0.4) is 0 Å². The molecule has 0 radical (unpaired) electrons. The topological polar surface area (TPSA) is 122 Å². The molecular formula is C35H45N5O3.